The highest BCUT2D eigenvalue weighted by Crippen LogP contribution is 2.44. The maximum absolute atomic E-state index is 14.4. The van der Waals surface area contributed by atoms with Gasteiger partial charge in [0.25, 0.3) is 5.91 Å². The van der Waals surface area contributed by atoms with E-state index in [1.165, 1.54) is 22.7 Å². The zero-order chi connectivity index (χ0) is 20.4. The van der Waals surface area contributed by atoms with Crippen LogP contribution in [0.15, 0.2) is 77.3 Å². The van der Waals surface area contributed by atoms with Crippen molar-refractivity contribution < 1.29 is 14.0 Å². The van der Waals surface area contributed by atoms with E-state index in [2.05, 4.69) is 21.2 Å². The van der Waals surface area contributed by atoms with Crippen molar-refractivity contribution in [2.75, 3.05) is 16.0 Å². The lowest BCUT2D eigenvalue weighted by Gasteiger charge is -2.26. The Morgan fingerprint density at radius 2 is 1.72 bits per heavy atom. The number of nitrogens with one attached hydrogen (secondary N) is 1. The number of carbonyl (C=O) groups is 2. The van der Waals surface area contributed by atoms with Crippen LogP contribution in [-0.2, 0) is 4.79 Å². The highest BCUT2D eigenvalue weighted by atomic mass is 79.9. The van der Waals surface area contributed by atoms with Gasteiger partial charge in [0, 0.05) is 21.3 Å². The number of rotatable bonds is 4. The Morgan fingerprint density at radius 1 is 1.03 bits per heavy atom. The summed E-state index contributed by atoms with van der Waals surface area (Å²) in [6.07, 6.45) is 0. The van der Waals surface area contributed by atoms with Crippen LogP contribution in [0, 0.1) is 5.82 Å². The summed E-state index contributed by atoms with van der Waals surface area (Å²) < 4.78 is 15.3. The molecule has 0 saturated carbocycles. The van der Waals surface area contributed by atoms with Gasteiger partial charge in [-0.1, -0.05) is 46.3 Å². The van der Waals surface area contributed by atoms with Crippen molar-refractivity contribution in [3.8, 4) is 0 Å². The molecule has 1 fully saturated rings. The first-order chi connectivity index (χ1) is 14.0. The molecule has 2 amide bonds. The van der Waals surface area contributed by atoms with Gasteiger partial charge in [0.15, 0.2) is 0 Å². The summed E-state index contributed by atoms with van der Waals surface area (Å²) >= 11 is 4.76. The van der Waals surface area contributed by atoms with Crippen LogP contribution in [0.25, 0.3) is 0 Å². The van der Waals surface area contributed by atoms with Gasteiger partial charge < -0.3 is 5.32 Å². The average Bonchev–Trinajstić information content (AvgIpc) is 3.10. The molecular weight excluding hydrogens is 455 g/mol. The Morgan fingerprint density at radius 3 is 2.48 bits per heavy atom. The fourth-order valence-corrected chi connectivity index (χ4v) is 4.65. The fourth-order valence-electron chi connectivity index (χ4n) is 3.18. The number of benzene rings is 3. The van der Waals surface area contributed by atoms with Gasteiger partial charge in [0.1, 0.15) is 11.2 Å². The minimum Gasteiger partial charge on any atom is -0.322 e. The third-order valence-electron chi connectivity index (χ3n) is 4.56. The molecule has 1 aliphatic rings. The largest absolute Gasteiger partial charge is 0.322 e. The molecule has 0 spiro atoms. The first-order valence-electron chi connectivity index (χ1n) is 8.88. The predicted molar refractivity (Wildman–Crippen MR) is 118 cm³/mol. The molecule has 1 aliphatic heterocycles. The second kappa shape index (κ2) is 8.39. The van der Waals surface area contributed by atoms with Gasteiger partial charge in [0.2, 0.25) is 5.91 Å². The maximum Gasteiger partial charge on any atom is 0.255 e. The molecule has 29 heavy (non-hydrogen) atoms. The van der Waals surface area contributed by atoms with Gasteiger partial charge in [-0.2, -0.15) is 0 Å². The number of para-hydroxylation sites is 2. The summed E-state index contributed by atoms with van der Waals surface area (Å²) in [4.78, 5) is 26.7. The number of halogens is 2. The Kier molecular flexibility index (Phi) is 5.69. The van der Waals surface area contributed by atoms with Crippen molar-refractivity contribution in [3.63, 3.8) is 0 Å². The van der Waals surface area contributed by atoms with Crippen molar-refractivity contribution in [2.24, 2.45) is 0 Å². The van der Waals surface area contributed by atoms with Crippen molar-refractivity contribution in [3.05, 3.63) is 94.2 Å². The third kappa shape index (κ3) is 4.06. The van der Waals surface area contributed by atoms with Crippen molar-refractivity contribution in [1.82, 2.24) is 0 Å². The second-order valence-electron chi connectivity index (χ2n) is 6.43. The smallest absolute Gasteiger partial charge is 0.255 e. The molecule has 1 heterocycles. The zero-order valence-corrected chi connectivity index (χ0v) is 17.5. The molecule has 0 aromatic heterocycles. The van der Waals surface area contributed by atoms with E-state index in [1.807, 2.05) is 18.2 Å². The minimum absolute atomic E-state index is 0.167. The molecular formula is C22H16BrFN2O2S. The molecule has 1 saturated heterocycles. The first kappa shape index (κ1) is 19.7. The molecule has 0 radical (unpaired) electrons. The van der Waals surface area contributed by atoms with Gasteiger partial charge >= 0.3 is 0 Å². The molecule has 7 heteroatoms. The molecule has 146 valence electrons. The Balaban J connectivity index is 1.67. The molecule has 0 bridgehead atoms. The lowest BCUT2D eigenvalue weighted by molar-refractivity contribution is -0.115. The van der Waals surface area contributed by atoms with Crippen molar-refractivity contribution >= 4 is 50.9 Å². The standard InChI is InChI=1S/C22H16BrFN2O2S/c23-15-11-9-14(10-12-15)21(28)25-18-7-3-1-5-16(18)22-26(20(27)13-29-22)19-8-4-2-6-17(19)24/h1-12,22H,13H2,(H,25,28). The summed E-state index contributed by atoms with van der Waals surface area (Å²) in [6, 6.07) is 20.6. The number of nitrogens with zero attached hydrogens (tertiary/aromatic N) is 1. The first-order valence-corrected chi connectivity index (χ1v) is 10.7. The van der Waals surface area contributed by atoms with E-state index < -0.39 is 11.2 Å². The van der Waals surface area contributed by atoms with Gasteiger partial charge in [-0.25, -0.2) is 4.39 Å². The van der Waals surface area contributed by atoms with E-state index in [0.717, 1.165) is 10.0 Å². The monoisotopic (exact) mass is 470 g/mol. The van der Waals surface area contributed by atoms with E-state index >= 15 is 0 Å². The summed E-state index contributed by atoms with van der Waals surface area (Å²) in [6.45, 7) is 0. The van der Waals surface area contributed by atoms with Crippen LogP contribution in [-0.4, -0.2) is 17.6 Å². The summed E-state index contributed by atoms with van der Waals surface area (Å²) in [5.74, 6) is -0.630. The summed E-state index contributed by atoms with van der Waals surface area (Å²) in [7, 11) is 0. The summed E-state index contributed by atoms with van der Waals surface area (Å²) in [5, 5.41) is 2.50. The molecule has 1 N–H and O–H groups in total. The molecule has 4 rings (SSSR count). The maximum atomic E-state index is 14.4. The van der Waals surface area contributed by atoms with Crippen LogP contribution < -0.4 is 10.2 Å². The van der Waals surface area contributed by atoms with Gasteiger partial charge in [-0.05, 0) is 42.5 Å². The van der Waals surface area contributed by atoms with Crippen molar-refractivity contribution in [2.45, 2.75) is 5.37 Å². The number of amides is 2. The van der Waals surface area contributed by atoms with Crippen LogP contribution in [0.4, 0.5) is 15.8 Å². The van der Waals surface area contributed by atoms with Gasteiger partial charge in [-0.15, -0.1) is 11.8 Å². The van der Waals surface area contributed by atoms with Crippen molar-refractivity contribution in [1.29, 1.82) is 0 Å². The lowest BCUT2D eigenvalue weighted by Crippen LogP contribution is -2.29. The van der Waals surface area contributed by atoms with Gasteiger partial charge in [-0.3, -0.25) is 14.5 Å². The zero-order valence-electron chi connectivity index (χ0n) is 15.1. The SMILES string of the molecule is O=C(Nc1ccccc1C1SCC(=O)N1c1ccccc1F)c1ccc(Br)cc1. The third-order valence-corrected chi connectivity index (χ3v) is 6.28. The lowest BCUT2D eigenvalue weighted by atomic mass is 10.1. The average molecular weight is 471 g/mol. The van der Waals surface area contributed by atoms with E-state index in [1.54, 1.807) is 48.5 Å². The van der Waals surface area contributed by atoms with E-state index in [4.69, 9.17) is 0 Å². The highest BCUT2D eigenvalue weighted by molar-refractivity contribution is 9.10. The highest BCUT2D eigenvalue weighted by Gasteiger charge is 2.36. The van der Waals surface area contributed by atoms with E-state index in [0.29, 0.717) is 11.3 Å². The number of hydrogen-bond donors (Lipinski definition) is 1. The van der Waals surface area contributed by atoms with E-state index in [9.17, 15) is 14.0 Å². The van der Waals surface area contributed by atoms with Crippen LogP contribution in [0.3, 0.4) is 0 Å². The van der Waals surface area contributed by atoms with Crippen LogP contribution >= 0.6 is 27.7 Å². The Hall–Kier alpha value is -2.64. The van der Waals surface area contributed by atoms with Crippen LogP contribution in [0.5, 0.6) is 0 Å². The predicted octanol–water partition coefficient (Wildman–Crippen LogP) is 5.62. The van der Waals surface area contributed by atoms with Crippen LogP contribution in [0.2, 0.25) is 0 Å². The molecule has 3 aromatic carbocycles. The number of carbonyl (C=O) groups excluding carboxylic acids is 2. The molecule has 1 atom stereocenters. The fraction of sp³-hybridized carbons (Fsp3) is 0.0909. The number of thioether (sulfide) groups is 1. The van der Waals surface area contributed by atoms with Crippen LogP contribution in [0.1, 0.15) is 21.3 Å². The molecule has 4 nitrogen and oxygen atoms in total. The molecule has 1 unspecified atom stereocenters. The Labute approximate surface area is 180 Å². The quantitative estimate of drug-likeness (QED) is 0.538. The second-order valence-corrected chi connectivity index (χ2v) is 8.41. The molecule has 0 aliphatic carbocycles. The number of anilines is 2. The van der Waals surface area contributed by atoms with Gasteiger partial charge in [0.05, 0.1) is 11.4 Å². The summed E-state index contributed by atoms with van der Waals surface area (Å²) in [5.41, 5.74) is 2.09. The molecule has 3 aromatic rings. The minimum atomic E-state index is -0.454. The normalized spacial score (nSPS) is 16.1. The van der Waals surface area contributed by atoms with E-state index in [-0.39, 0.29) is 23.3 Å². The number of hydrogen-bond acceptors (Lipinski definition) is 3. The topological polar surface area (TPSA) is 49.4 Å². The Bertz CT molecular complexity index is 1070.